The molecule has 0 bridgehead atoms. The molecule has 0 saturated heterocycles. The summed E-state index contributed by atoms with van der Waals surface area (Å²) in [6.07, 6.45) is 1.93. The van der Waals surface area contributed by atoms with Gasteiger partial charge in [-0.2, -0.15) is 0 Å². The lowest BCUT2D eigenvalue weighted by Gasteiger charge is -2.09. The molecular formula is C11H19N3. The molecule has 0 fully saturated rings. The first-order valence-corrected chi connectivity index (χ1v) is 5.07. The van der Waals surface area contributed by atoms with Crippen molar-refractivity contribution in [2.75, 3.05) is 0 Å². The maximum Gasteiger partial charge on any atom is 0.125 e. The normalized spacial score (nSPS) is 12.9. The zero-order valence-corrected chi connectivity index (χ0v) is 9.46. The van der Waals surface area contributed by atoms with E-state index in [2.05, 4.69) is 16.9 Å². The molecule has 14 heavy (non-hydrogen) atoms. The summed E-state index contributed by atoms with van der Waals surface area (Å²) in [6.45, 7) is 8.06. The van der Waals surface area contributed by atoms with Gasteiger partial charge in [0.15, 0.2) is 0 Å². The predicted molar refractivity (Wildman–Crippen MR) is 58.2 cm³/mol. The maximum absolute atomic E-state index is 5.72. The van der Waals surface area contributed by atoms with E-state index in [1.807, 2.05) is 20.8 Å². The van der Waals surface area contributed by atoms with E-state index in [4.69, 9.17) is 5.73 Å². The van der Waals surface area contributed by atoms with E-state index in [9.17, 15) is 0 Å². The van der Waals surface area contributed by atoms with Gasteiger partial charge < -0.3 is 5.73 Å². The zero-order chi connectivity index (χ0) is 10.7. The van der Waals surface area contributed by atoms with Gasteiger partial charge in [0.2, 0.25) is 0 Å². The first-order chi connectivity index (χ1) is 6.50. The van der Waals surface area contributed by atoms with Crippen molar-refractivity contribution in [1.82, 2.24) is 9.97 Å². The third-order valence-electron chi connectivity index (χ3n) is 2.44. The quantitative estimate of drug-likeness (QED) is 0.794. The molecule has 0 amide bonds. The number of nitrogens with zero attached hydrogens (tertiary/aromatic N) is 2. The summed E-state index contributed by atoms with van der Waals surface area (Å²) >= 11 is 0. The van der Waals surface area contributed by atoms with E-state index in [0.29, 0.717) is 0 Å². The smallest absolute Gasteiger partial charge is 0.125 e. The third-order valence-corrected chi connectivity index (χ3v) is 2.44. The SMILES string of the molecule is Cc1nc(C)c(C)c(CCC(C)N)n1. The fourth-order valence-corrected chi connectivity index (χ4v) is 1.45. The van der Waals surface area contributed by atoms with Gasteiger partial charge in [0.25, 0.3) is 0 Å². The van der Waals surface area contributed by atoms with Crippen LogP contribution in [0.15, 0.2) is 0 Å². The van der Waals surface area contributed by atoms with E-state index in [-0.39, 0.29) is 6.04 Å². The number of rotatable bonds is 3. The van der Waals surface area contributed by atoms with Gasteiger partial charge in [0.05, 0.1) is 0 Å². The summed E-state index contributed by atoms with van der Waals surface area (Å²) in [7, 11) is 0. The van der Waals surface area contributed by atoms with Crippen LogP contribution in [0.5, 0.6) is 0 Å². The van der Waals surface area contributed by atoms with Crippen LogP contribution < -0.4 is 5.73 Å². The summed E-state index contributed by atoms with van der Waals surface area (Å²) in [5, 5.41) is 0. The van der Waals surface area contributed by atoms with Crippen molar-refractivity contribution in [2.24, 2.45) is 5.73 Å². The first-order valence-electron chi connectivity index (χ1n) is 5.07. The topological polar surface area (TPSA) is 51.8 Å². The Hall–Kier alpha value is -0.960. The molecule has 0 radical (unpaired) electrons. The summed E-state index contributed by atoms with van der Waals surface area (Å²) in [4.78, 5) is 8.76. The molecule has 1 aromatic rings. The molecule has 78 valence electrons. The number of hydrogen-bond acceptors (Lipinski definition) is 3. The molecule has 3 nitrogen and oxygen atoms in total. The molecule has 1 aromatic heterocycles. The zero-order valence-electron chi connectivity index (χ0n) is 9.46. The summed E-state index contributed by atoms with van der Waals surface area (Å²) < 4.78 is 0. The van der Waals surface area contributed by atoms with Gasteiger partial charge in [-0.05, 0) is 46.1 Å². The van der Waals surface area contributed by atoms with Crippen molar-refractivity contribution in [3.8, 4) is 0 Å². The predicted octanol–water partition coefficient (Wildman–Crippen LogP) is 1.68. The molecule has 0 saturated carbocycles. The van der Waals surface area contributed by atoms with Gasteiger partial charge in [-0.15, -0.1) is 0 Å². The van der Waals surface area contributed by atoms with Crippen LogP contribution in [0.25, 0.3) is 0 Å². The van der Waals surface area contributed by atoms with Gasteiger partial charge in [0, 0.05) is 17.4 Å². The van der Waals surface area contributed by atoms with Crippen LogP contribution >= 0.6 is 0 Å². The van der Waals surface area contributed by atoms with E-state index in [1.165, 1.54) is 5.56 Å². The van der Waals surface area contributed by atoms with E-state index in [1.54, 1.807) is 0 Å². The fourth-order valence-electron chi connectivity index (χ4n) is 1.45. The lowest BCUT2D eigenvalue weighted by molar-refractivity contribution is 0.652. The standard InChI is InChI=1S/C11H19N3/c1-7(12)5-6-11-8(2)9(3)13-10(4)14-11/h7H,5-6,12H2,1-4H3. The second-order valence-corrected chi connectivity index (χ2v) is 3.94. The molecule has 2 N–H and O–H groups in total. The minimum Gasteiger partial charge on any atom is -0.328 e. The molecule has 1 rings (SSSR count). The molecule has 1 atom stereocenters. The number of hydrogen-bond donors (Lipinski definition) is 1. The highest BCUT2D eigenvalue weighted by molar-refractivity contribution is 5.23. The number of aromatic nitrogens is 2. The summed E-state index contributed by atoms with van der Waals surface area (Å²) in [5.74, 6) is 0.854. The highest BCUT2D eigenvalue weighted by atomic mass is 14.9. The monoisotopic (exact) mass is 193 g/mol. The molecule has 3 heteroatoms. The molecule has 1 heterocycles. The first kappa shape index (κ1) is 11.1. The highest BCUT2D eigenvalue weighted by Crippen LogP contribution is 2.11. The molecule has 0 spiro atoms. The molecule has 0 aromatic carbocycles. The van der Waals surface area contributed by atoms with E-state index in [0.717, 1.165) is 30.1 Å². The summed E-state index contributed by atoms with van der Waals surface area (Å²) in [5.41, 5.74) is 9.15. The van der Waals surface area contributed by atoms with Gasteiger partial charge >= 0.3 is 0 Å². The van der Waals surface area contributed by atoms with Gasteiger partial charge in [-0.3, -0.25) is 0 Å². The van der Waals surface area contributed by atoms with Crippen molar-refractivity contribution in [1.29, 1.82) is 0 Å². The average molecular weight is 193 g/mol. The van der Waals surface area contributed by atoms with Gasteiger partial charge in [0.1, 0.15) is 5.82 Å². The van der Waals surface area contributed by atoms with Crippen molar-refractivity contribution in [3.63, 3.8) is 0 Å². The molecular weight excluding hydrogens is 174 g/mol. The maximum atomic E-state index is 5.72. The Labute approximate surface area is 85.8 Å². The van der Waals surface area contributed by atoms with E-state index >= 15 is 0 Å². The van der Waals surface area contributed by atoms with E-state index < -0.39 is 0 Å². The second kappa shape index (κ2) is 4.51. The van der Waals surface area contributed by atoms with Crippen LogP contribution in [-0.4, -0.2) is 16.0 Å². The minimum absolute atomic E-state index is 0.241. The fraction of sp³-hybridized carbons (Fsp3) is 0.636. The minimum atomic E-state index is 0.241. The Balaban J connectivity index is 2.85. The van der Waals surface area contributed by atoms with Gasteiger partial charge in [-0.1, -0.05) is 0 Å². The van der Waals surface area contributed by atoms with Crippen molar-refractivity contribution >= 4 is 0 Å². The average Bonchev–Trinajstić information content (AvgIpc) is 2.08. The van der Waals surface area contributed by atoms with Crippen LogP contribution in [0, 0.1) is 20.8 Å². The Morgan fingerprint density at radius 3 is 2.43 bits per heavy atom. The van der Waals surface area contributed by atoms with Gasteiger partial charge in [-0.25, -0.2) is 9.97 Å². The largest absolute Gasteiger partial charge is 0.328 e. The van der Waals surface area contributed by atoms with Crippen molar-refractivity contribution in [2.45, 2.75) is 46.6 Å². The van der Waals surface area contributed by atoms with Crippen LogP contribution in [0.3, 0.4) is 0 Å². The Kier molecular flexibility index (Phi) is 3.58. The Morgan fingerprint density at radius 2 is 1.86 bits per heavy atom. The van der Waals surface area contributed by atoms with Crippen LogP contribution in [0.4, 0.5) is 0 Å². The highest BCUT2D eigenvalue weighted by Gasteiger charge is 2.06. The molecule has 1 unspecified atom stereocenters. The van der Waals surface area contributed by atoms with Crippen molar-refractivity contribution < 1.29 is 0 Å². The lowest BCUT2D eigenvalue weighted by Crippen LogP contribution is -2.16. The van der Waals surface area contributed by atoms with Crippen LogP contribution in [-0.2, 0) is 6.42 Å². The second-order valence-electron chi connectivity index (χ2n) is 3.94. The van der Waals surface area contributed by atoms with Crippen LogP contribution in [0.1, 0.15) is 36.1 Å². The molecule has 0 aliphatic carbocycles. The Bertz CT molecular complexity index is 319. The Morgan fingerprint density at radius 1 is 1.21 bits per heavy atom. The van der Waals surface area contributed by atoms with Crippen molar-refractivity contribution in [3.05, 3.63) is 22.8 Å². The number of nitrogens with two attached hydrogens (primary N) is 1. The molecule has 0 aliphatic heterocycles. The number of aryl methyl sites for hydroxylation is 3. The molecule has 0 aliphatic rings. The summed E-state index contributed by atoms with van der Waals surface area (Å²) in [6, 6.07) is 0.241. The lowest BCUT2D eigenvalue weighted by atomic mass is 10.1. The van der Waals surface area contributed by atoms with Crippen LogP contribution in [0.2, 0.25) is 0 Å². The third kappa shape index (κ3) is 2.77.